The van der Waals surface area contributed by atoms with Crippen molar-refractivity contribution < 1.29 is 37.3 Å². The van der Waals surface area contributed by atoms with E-state index in [1.165, 1.54) is 154 Å². The highest BCUT2D eigenvalue weighted by Gasteiger charge is 2.59. The Kier molecular flexibility index (Phi) is 26.7. The van der Waals surface area contributed by atoms with Gasteiger partial charge in [0.2, 0.25) is 0 Å². The first-order chi connectivity index (χ1) is 31.5. The molecule has 0 aromatic rings. The largest absolute Gasteiger partial charge is 0.472 e. The van der Waals surface area contributed by atoms with E-state index in [1.807, 2.05) is 31.9 Å². The number of hydrogen-bond donors (Lipinski definition) is 1. The standard InChI is InChI=1S/C55H102NO7PS2/c1-10-11-12-13-14-15-16-17-18-19-20-21-22-23-24-25-38-60-41-47(42-62-64(58,59)61-39-37-56(7,8)9)63-53(57)43-65-66-48-33-35-54(5)46(40-48)29-30-49-51-32-31-50(45(4)28-26-27-44(2)3)55(51,6)36-34-52(49)54/h29,44-45,47-52H,10-28,30-43H2,1-9H3/p+1/t45-,47?,48?,49+,50-,51+,52+,54+,55-/m1/s1. The topological polar surface area (TPSA) is 91.3 Å². The van der Waals surface area contributed by atoms with Gasteiger partial charge in [-0.25, -0.2) is 4.57 Å². The number of ether oxygens (including phenoxy) is 2. The number of allylic oxidation sites excluding steroid dienone is 2. The van der Waals surface area contributed by atoms with Gasteiger partial charge in [0.05, 0.1) is 34.4 Å². The van der Waals surface area contributed by atoms with Crippen LogP contribution in [-0.2, 0) is 27.9 Å². The molecule has 10 atom stereocenters. The van der Waals surface area contributed by atoms with Crippen molar-refractivity contribution in [3.05, 3.63) is 11.6 Å². The Morgan fingerprint density at radius 1 is 0.788 bits per heavy atom. The van der Waals surface area contributed by atoms with E-state index in [4.69, 9.17) is 18.5 Å². The molecule has 0 aliphatic heterocycles. The number of phosphoric ester groups is 1. The van der Waals surface area contributed by atoms with Crippen LogP contribution in [0.5, 0.6) is 0 Å². The molecule has 0 radical (unpaired) electrons. The van der Waals surface area contributed by atoms with Gasteiger partial charge in [0.25, 0.3) is 0 Å². The number of carbonyl (C=O) groups excluding carboxylic acids is 1. The van der Waals surface area contributed by atoms with Crippen LogP contribution < -0.4 is 0 Å². The molecule has 11 heteroatoms. The van der Waals surface area contributed by atoms with Crippen LogP contribution in [0.25, 0.3) is 0 Å². The highest BCUT2D eigenvalue weighted by molar-refractivity contribution is 8.77. The second-order valence-electron chi connectivity index (χ2n) is 23.6. The predicted molar refractivity (Wildman–Crippen MR) is 282 cm³/mol. The van der Waals surface area contributed by atoms with Crippen molar-refractivity contribution >= 4 is 35.4 Å². The van der Waals surface area contributed by atoms with Crippen molar-refractivity contribution in [2.75, 3.05) is 59.9 Å². The molecule has 4 aliphatic rings. The number of phosphoric acid groups is 1. The first kappa shape index (κ1) is 58.5. The minimum absolute atomic E-state index is 0.0856. The zero-order valence-corrected chi connectivity index (χ0v) is 46.7. The van der Waals surface area contributed by atoms with E-state index < -0.39 is 13.9 Å². The second kappa shape index (κ2) is 30.1. The Bertz CT molecular complexity index is 1440. The fraction of sp³-hybridized carbons (Fsp3) is 0.945. The van der Waals surface area contributed by atoms with Crippen molar-refractivity contribution in [1.29, 1.82) is 0 Å². The van der Waals surface area contributed by atoms with Crippen molar-refractivity contribution in [2.24, 2.45) is 46.3 Å². The van der Waals surface area contributed by atoms with Gasteiger partial charge < -0.3 is 18.9 Å². The lowest BCUT2D eigenvalue weighted by atomic mass is 9.47. The summed E-state index contributed by atoms with van der Waals surface area (Å²) in [5.41, 5.74) is 2.51. The van der Waals surface area contributed by atoms with E-state index >= 15 is 0 Å². The quantitative estimate of drug-likeness (QED) is 0.0165. The number of rotatable bonds is 36. The van der Waals surface area contributed by atoms with Gasteiger partial charge in [-0.15, -0.1) is 0 Å². The van der Waals surface area contributed by atoms with Crippen LogP contribution >= 0.6 is 29.4 Å². The Morgan fingerprint density at radius 2 is 1.42 bits per heavy atom. The molecule has 4 rings (SSSR count). The summed E-state index contributed by atoms with van der Waals surface area (Å²) < 4.78 is 35.8. The van der Waals surface area contributed by atoms with Crippen molar-refractivity contribution in [2.45, 2.75) is 226 Å². The third kappa shape index (κ3) is 20.2. The molecule has 0 heterocycles. The van der Waals surface area contributed by atoms with Gasteiger partial charge in [0, 0.05) is 11.9 Å². The Morgan fingerprint density at radius 3 is 2.05 bits per heavy atom. The van der Waals surface area contributed by atoms with Gasteiger partial charge in [0.15, 0.2) is 0 Å². The number of carbonyl (C=O) groups is 1. The Balaban J connectivity index is 1.16. The maximum Gasteiger partial charge on any atom is 0.472 e. The van der Waals surface area contributed by atoms with E-state index in [1.54, 1.807) is 16.4 Å². The average molecular weight is 986 g/mol. The van der Waals surface area contributed by atoms with Gasteiger partial charge in [-0.05, 0) is 104 Å². The summed E-state index contributed by atoms with van der Waals surface area (Å²) in [4.78, 5) is 23.7. The minimum atomic E-state index is -4.32. The number of quaternary nitrogens is 1. The summed E-state index contributed by atoms with van der Waals surface area (Å²) in [6.45, 7) is 16.0. The molecule has 4 aliphatic carbocycles. The number of fused-ring (bicyclic) bond motifs is 5. The van der Waals surface area contributed by atoms with E-state index in [-0.39, 0.29) is 31.5 Å². The molecular formula is C55H103NO7PS2+. The summed E-state index contributed by atoms with van der Waals surface area (Å²) in [7, 11) is 5.09. The number of unbranched alkanes of at least 4 members (excludes halogenated alkanes) is 15. The molecular weight excluding hydrogens is 882 g/mol. The average Bonchev–Trinajstić information content (AvgIpc) is 3.61. The maximum atomic E-state index is 13.2. The van der Waals surface area contributed by atoms with Gasteiger partial charge in [-0.2, -0.15) is 0 Å². The van der Waals surface area contributed by atoms with Crippen molar-refractivity contribution in [3.63, 3.8) is 0 Å². The Hall–Kier alpha value is -0.0600. The molecule has 66 heavy (non-hydrogen) atoms. The molecule has 3 unspecified atom stereocenters. The van der Waals surface area contributed by atoms with Gasteiger partial charge in [-0.1, -0.05) is 190 Å². The van der Waals surface area contributed by atoms with Crippen LogP contribution in [0.1, 0.15) is 215 Å². The van der Waals surface area contributed by atoms with E-state index in [2.05, 4.69) is 47.6 Å². The molecule has 1 N–H and O–H groups in total. The zero-order valence-electron chi connectivity index (χ0n) is 44.1. The molecule has 3 fully saturated rings. The summed E-state index contributed by atoms with van der Waals surface area (Å²) in [5, 5.41) is 0.487. The van der Waals surface area contributed by atoms with Gasteiger partial charge >= 0.3 is 13.8 Å². The molecule has 0 spiro atoms. The lowest BCUT2D eigenvalue weighted by Gasteiger charge is -2.58. The third-order valence-electron chi connectivity index (χ3n) is 16.8. The maximum absolute atomic E-state index is 13.2. The Labute approximate surface area is 414 Å². The lowest BCUT2D eigenvalue weighted by molar-refractivity contribution is -0.870. The molecule has 0 saturated heterocycles. The first-order valence-corrected chi connectivity index (χ1v) is 31.5. The predicted octanol–water partition coefficient (Wildman–Crippen LogP) is 15.8. The molecule has 0 bridgehead atoms. The number of likely N-dealkylation sites (N-methyl/N-ethyl adjacent to an activating group) is 1. The molecule has 8 nitrogen and oxygen atoms in total. The van der Waals surface area contributed by atoms with E-state index in [0.717, 1.165) is 54.8 Å². The molecule has 0 amide bonds. The highest BCUT2D eigenvalue weighted by Crippen LogP contribution is 2.68. The van der Waals surface area contributed by atoms with E-state index in [0.29, 0.717) is 33.7 Å². The monoisotopic (exact) mass is 985 g/mol. The molecule has 386 valence electrons. The normalized spacial score (nSPS) is 28.3. The summed E-state index contributed by atoms with van der Waals surface area (Å²) in [6, 6.07) is 0. The van der Waals surface area contributed by atoms with Crippen LogP contribution in [0, 0.1) is 46.3 Å². The highest BCUT2D eigenvalue weighted by atomic mass is 33.1. The summed E-state index contributed by atoms with van der Waals surface area (Å²) in [6.07, 6.45) is 37.6. The van der Waals surface area contributed by atoms with Gasteiger partial charge in [-0.3, -0.25) is 13.8 Å². The molecule has 0 aromatic carbocycles. The van der Waals surface area contributed by atoms with E-state index in [9.17, 15) is 14.3 Å². The fourth-order valence-corrected chi connectivity index (χ4v) is 16.1. The SMILES string of the molecule is CCCCCCCCCCCCCCCCCCOCC(COP(=O)(O)OCC[N+](C)(C)C)OC(=O)CSSC1CC[C@@]2(C)C(=CC[C@H]3[C@@H]4CC[C@H]([C@H](C)CCCC(C)C)[C@@]4(C)CC[C@@H]32)C1. The smallest absolute Gasteiger partial charge is 0.457 e. The van der Waals surface area contributed by atoms with Crippen molar-refractivity contribution in [1.82, 2.24) is 0 Å². The van der Waals surface area contributed by atoms with Crippen molar-refractivity contribution in [3.8, 4) is 0 Å². The third-order valence-corrected chi connectivity index (χ3v) is 20.6. The zero-order chi connectivity index (χ0) is 48.1. The number of esters is 1. The van der Waals surface area contributed by atoms with Crippen LogP contribution in [0.15, 0.2) is 11.6 Å². The number of hydrogen-bond acceptors (Lipinski definition) is 8. The van der Waals surface area contributed by atoms with Crippen LogP contribution in [0.4, 0.5) is 0 Å². The van der Waals surface area contributed by atoms with Gasteiger partial charge in [0.1, 0.15) is 25.0 Å². The summed E-state index contributed by atoms with van der Waals surface area (Å²) in [5.74, 6) is 4.93. The first-order valence-electron chi connectivity index (χ1n) is 27.6. The fourth-order valence-electron chi connectivity index (χ4n) is 12.9. The van der Waals surface area contributed by atoms with Crippen LogP contribution in [-0.4, -0.2) is 86.6 Å². The lowest BCUT2D eigenvalue weighted by Crippen LogP contribution is -2.50. The summed E-state index contributed by atoms with van der Waals surface area (Å²) >= 11 is 0. The second-order valence-corrected chi connectivity index (χ2v) is 27.7. The van der Waals surface area contributed by atoms with Crippen LogP contribution in [0.3, 0.4) is 0 Å². The molecule has 0 aromatic heterocycles. The molecule has 3 saturated carbocycles. The minimum Gasteiger partial charge on any atom is -0.457 e. The van der Waals surface area contributed by atoms with Crippen LogP contribution in [0.2, 0.25) is 0 Å². The number of nitrogens with zero attached hydrogens (tertiary/aromatic N) is 1.